The molecule has 1 saturated heterocycles. The van der Waals surface area contributed by atoms with E-state index in [9.17, 15) is 23.6 Å². The zero-order valence-corrected chi connectivity index (χ0v) is 22.4. The smallest absolute Gasteiger partial charge is 0.246 e. The topological polar surface area (TPSA) is 61.2 Å². The van der Waals surface area contributed by atoms with Gasteiger partial charge in [0.05, 0.1) is 11.5 Å². The number of carbonyl (C=O) groups excluding carboxylic acids is 2. The lowest BCUT2D eigenvalue weighted by Crippen LogP contribution is -2.48. The number of piperidine rings is 1. The van der Waals surface area contributed by atoms with Gasteiger partial charge in [-0.15, -0.1) is 0 Å². The highest BCUT2D eigenvalue weighted by molar-refractivity contribution is 5.81. The Hall–Kier alpha value is -2.29. The lowest BCUT2D eigenvalue weighted by Gasteiger charge is -2.44. The number of nitriles is 1. The summed E-state index contributed by atoms with van der Waals surface area (Å²) < 4.78 is 27.7. The maximum atomic E-state index is 13.9. The van der Waals surface area contributed by atoms with Crippen LogP contribution in [0.5, 0.6) is 0 Å². The largest absolute Gasteiger partial charge is 0.342 e. The lowest BCUT2D eigenvalue weighted by molar-refractivity contribution is -0.134. The van der Waals surface area contributed by atoms with Crippen LogP contribution in [0.3, 0.4) is 0 Å². The Bertz CT molecular complexity index is 1010. The van der Waals surface area contributed by atoms with Crippen molar-refractivity contribution in [1.29, 1.82) is 5.26 Å². The summed E-state index contributed by atoms with van der Waals surface area (Å²) >= 11 is 0. The van der Waals surface area contributed by atoms with Crippen molar-refractivity contribution in [2.24, 2.45) is 11.3 Å². The molecule has 37 heavy (non-hydrogen) atoms. The van der Waals surface area contributed by atoms with Crippen molar-refractivity contribution < 1.29 is 18.4 Å². The van der Waals surface area contributed by atoms with Crippen LogP contribution in [0, 0.1) is 22.7 Å². The molecule has 2 aliphatic carbocycles. The Labute approximate surface area is 220 Å². The molecule has 1 heterocycles. The van der Waals surface area contributed by atoms with Crippen molar-refractivity contribution in [2.75, 3.05) is 13.1 Å². The molecular weight excluding hydrogens is 470 g/mol. The standard InChI is InChI=1S/C31H42F2N2O2/c1-29(32,33)21-25(27(36)13-7-15-30(22-34)18-19-30)11-6-14-28(37)35-20-8-17-31(23-35)16-5-4-10-24-9-2-3-12-26(24)31/h2-3,9,12,25H,4-8,10-11,13-21,23H2,1H3. The van der Waals surface area contributed by atoms with Gasteiger partial charge in [0, 0.05) is 43.7 Å². The average molecular weight is 513 g/mol. The van der Waals surface area contributed by atoms with Gasteiger partial charge in [-0.25, -0.2) is 8.78 Å². The Balaban J connectivity index is 1.32. The van der Waals surface area contributed by atoms with E-state index in [1.165, 1.54) is 24.0 Å². The summed E-state index contributed by atoms with van der Waals surface area (Å²) in [5.74, 6) is -3.71. The number of amides is 1. The first-order valence-corrected chi connectivity index (χ1v) is 14.3. The molecule has 0 N–H and O–H groups in total. The molecule has 0 radical (unpaired) electrons. The van der Waals surface area contributed by atoms with Crippen LogP contribution in [0.4, 0.5) is 8.78 Å². The van der Waals surface area contributed by atoms with Gasteiger partial charge >= 0.3 is 0 Å². The van der Waals surface area contributed by atoms with E-state index in [1.807, 2.05) is 4.90 Å². The van der Waals surface area contributed by atoms with Gasteiger partial charge in [0.2, 0.25) is 11.8 Å². The van der Waals surface area contributed by atoms with Crippen LogP contribution < -0.4 is 0 Å². The number of nitrogens with zero attached hydrogens (tertiary/aromatic N) is 2. The van der Waals surface area contributed by atoms with Crippen LogP contribution in [0.1, 0.15) is 108 Å². The third kappa shape index (κ3) is 7.18. The number of aryl methyl sites for hydroxylation is 1. The molecule has 1 saturated carbocycles. The first kappa shape index (κ1) is 27.7. The molecule has 0 aromatic heterocycles. The molecule has 0 bridgehead atoms. The number of hydrogen-bond donors (Lipinski definition) is 0. The fourth-order valence-electron chi connectivity index (χ4n) is 6.78. The van der Waals surface area contributed by atoms with E-state index in [0.717, 1.165) is 58.5 Å². The van der Waals surface area contributed by atoms with Crippen LogP contribution in [0.25, 0.3) is 0 Å². The minimum absolute atomic E-state index is 0.0200. The summed E-state index contributed by atoms with van der Waals surface area (Å²) in [5.41, 5.74) is 2.57. The maximum absolute atomic E-state index is 13.9. The highest BCUT2D eigenvalue weighted by Gasteiger charge is 2.43. The number of hydrogen-bond acceptors (Lipinski definition) is 3. The number of ketones is 1. The molecule has 2 unspecified atom stereocenters. The molecule has 3 aliphatic rings. The van der Waals surface area contributed by atoms with E-state index < -0.39 is 18.3 Å². The van der Waals surface area contributed by atoms with Crippen LogP contribution >= 0.6 is 0 Å². The first-order chi connectivity index (χ1) is 17.7. The second-order valence-electron chi connectivity index (χ2n) is 12.1. The zero-order valence-electron chi connectivity index (χ0n) is 22.4. The highest BCUT2D eigenvalue weighted by atomic mass is 19.3. The van der Waals surface area contributed by atoms with Gasteiger partial charge in [0.25, 0.3) is 0 Å². The maximum Gasteiger partial charge on any atom is 0.246 e. The van der Waals surface area contributed by atoms with Crippen LogP contribution in [-0.4, -0.2) is 35.6 Å². The molecule has 6 heteroatoms. The Morgan fingerprint density at radius 2 is 1.84 bits per heavy atom. The molecule has 4 rings (SSSR count). The fraction of sp³-hybridized carbons (Fsp3) is 0.710. The SMILES string of the molecule is CC(F)(F)CC(CCCC(=O)N1CCCC2(CCCCc3ccccc32)C1)C(=O)CCCC1(C#N)CC1. The third-order valence-corrected chi connectivity index (χ3v) is 9.04. The van der Waals surface area contributed by atoms with E-state index in [1.54, 1.807) is 0 Å². The number of benzene rings is 1. The van der Waals surface area contributed by atoms with Gasteiger partial charge in [-0.05, 0) is 88.7 Å². The zero-order chi connectivity index (χ0) is 26.5. The summed E-state index contributed by atoms with van der Waals surface area (Å²) in [7, 11) is 0. The van der Waals surface area contributed by atoms with Crippen LogP contribution in [0.15, 0.2) is 24.3 Å². The summed E-state index contributed by atoms with van der Waals surface area (Å²) in [4.78, 5) is 28.1. The lowest BCUT2D eigenvalue weighted by atomic mass is 9.70. The normalized spacial score (nSPS) is 23.6. The quantitative estimate of drug-likeness (QED) is 0.316. The van der Waals surface area contributed by atoms with E-state index in [4.69, 9.17) is 0 Å². The predicted molar refractivity (Wildman–Crippen MR) is 140 cm³/mol. The number of halogens is 2. The van der Waals surface area contributed by atoms with Crippen molar-refractivity contribution in [3.63, 3.8) is 0 Å². The van der Waals surface area contributed by atoms with Crippen molar-refractivity contribution in [1.82, 2.24) is 4.90 Å². The fourth-order valence-corrected chi connectivity index (χ4v) is 6.78. The van der Waals surface area contributed by atoms with Gasteiger partial charge in [0.15, 0.2) is 0 Å². The van der Waals surface area contributed by atoms with Crippen molar-refractivity contribution in [2.45, 2.75) is 115 Å². The molecule has 1 aromatic carbocycles. The Kier molecular flexibility index (Phi) is 8.71. The molecule has 2 fully saturated rings. The number of Topliss-reactive ketones (excluding diaryl/α,β-unsaturated/α-hetero) is 1. The van der Waals surface area contributed by atoms with E-state index in [0.29, 0.717) is 32.1 Å². The second-order valence-corrected chi connectivity index (χ2v) is 12.1. The summed E-state index contributed by atoms with van der Waals surface area (Å²) in [6.45, 7) is 2.35. The average Bonchev–Trinajstić information content (AvgIpc) is 3.67. The van der Waals surface area contributed by atoms with Gasteiger partial charge in [-0.1, -0.05) is 30.7 Å². The summed E-state index contributed by atoms with van der Waals surface area (Å²) in [6, 6.07) is 11.0. The minimum Gasteiger partial charge on any atom is -0.342 e. The van der Waals surface area contributed by atoms with Gasteiger partial charge in [-0.2, -0.15) is 5.26 Å². The molecule has 2 atom stereocenters. The number of carbonyl (C=O) groups is 2. The minimum atomic E-state index is -2.92. The molecule has 1 spiro atoms. The van der Waals surface area contributed by atoms with E-state index in [-0.39, 0.29) is 28.9 Å². The van der Waals surface area contributed by atoms with E-state index >= 15 is 0 Å². The number of rotatable bonds is 11. The highest BCUT2D eigenvalue weighted by Crippen LogP contribution is 2.49. The monoisotopic (exact) mass is 512 g/mol. The molecular formula is C31H42F2N2O2. The van der Waals surface area contributed by atoms with Crippen molar-refractivity contribution in [3.05, 3.63) is 35.4 Å². The van der Waals surface area contributed by atoms with Gasteiger partial charge < -0.3 is 4.90 Å². The van der Waals surface area contributed by atoms with Crippen molar-refractivity contribution >= 4 is 11.7 Å². The van der Waals surface area contributed by atoms with Gasteiger partial charge in [0.1, 0.15) is 5.78 Å². The van der Waals surface area contributed by atoms with E-state index in [2.05, 4.69) is 30.3 Å². The molecule has 1 aromatic rings. The number of alkyl halides is 2. The first-order valence-electron chi connectivity index (χ1n) is 14.3. The van der Waals surface area contributed by atoms with Crippen LogP contribution in [-0.2, 0) is 21.4 Å². The Morgan fingerprint density at radius 3 is 2.57 bits per heavy atom. The number of likely N-dealkylation sites (tertiary alicyclic amines) is 1. The summed E-state index contributed by atoms with van der Waals surface area (Å²) in [6.07, 6.45) is 10.5. The van der Waals surface area contributed by atoms with Crippen molar-refractivity contribution in [3.8, 4) is 6.07 Å². The number of fused-ring (bicyclic) bond motifs is 2. The second kappa shape index (κ2) is 11.6. The Morgan fingerprint density at radius 1 is 1.08 bits per heavy atom. The third-order valence-electron chi connectivity index (χ3n) is 9.04. The van der Waals surface area contributed by atoms with Gasteiger partial charge in [-0.3, -0.25) is 9.59 Å². The molecule has 1 aliphatic heterocycles. The predicted octanol–water partition coefficient (Wildman–Crippen LogP) is 7.15. The van der Waals surface area contributed by atoms with Crippen LogP contribution in [0.2, 0.25) is 0 Å². The molecule has 4 nitrogen and oxygen atoms in total. The molecule has 1 amide bonds. The molecule has 202 valence electrons. The summed E-state index contributed by atoms with van der Waals surface area (Å²) in [5, 5.41) is 9.23.